The average Bonchev–Trinajstić information content (AvgIpc) is 3.22. The summed E-state index contributed by atoms with van der Waals surface area (Å²) in [6, 6.07) is 18.8. The van der Waals surface area contributed by atoms with Crippen molar-refractivity contribution in [3.05, 3.63) is 77.4 Å². The molecular weight excluding hydrogens is 442 g/mol. The van der Waals surface area contributed by atoms with E-state index in [9.17, 15) is 4.79 Å². The van der Waals surface area contributed by atoms with Gasteiger partial charge in [0.15, 0.2) is 0 Å². The first-order valence-electron chi connectivity index (χ1n) is 12.1. The maximum Gasteiger partial charge on any atom is 0.327 e. The highest BCUT2D eigenvalue weighted by Gasteiger charge is 2.31. The molecule has 2 N–H and O–H groups in total. The molecule has 1 unspecified atom stereocenters. The van der Waals surface area contributed by atoms with Crippen LogP contribution in [0.25, 0.3) is 11.1 Å². The largest absolute Gasteiger partial charge is 0.496 e. The van der Waals surface area contributed by atoms with Crippen LogP contribution in [0.4, 0.5) is 0 Å². The van der Waals surface area contributed by atoms with Crippen LogP contribution in [0.5, 0.6) is 17.2 Å². The van der Waals surface area contributed by atoms with Gasteiger partial charge in [0.05, 0.1) is 26.4 Å². The van der Waals surface area contributed by atoms with E-state index in [-0.39, 0.29) is 12.5 Å². The van der Waals surface area contributed by atoms with Crippen LogP contribution >= 0.6 is 0 Å². The molecule has 0 bridgehead atoms. The minimum Gasteiger partial charge on any atom is -0.496 e. The number of rotatable bonds is 11. The average molecular weight is 476 g/mol. The lowest BCUT2D eigenvalue weighted by Gasteiger charge is -2.21. The summed E-state index contributed by atoms with van der Waals surface area (Å²) in [5, 5.41) is 0. The van der Waals surface area contributed by atoms with E-state index in [1.165, 1.54) is 25.3 Å². The van der Waals surface area contributed by atoms with Gasteiger partial charge >= 0.3 is 5.97 Å². The predicted octanol–water partition coefficient (Wildman–Crippen LogP) is 5.63. The molecule has 0 fully saturated rings. The van der Waals surface area contributed by atoms with Crippen LogP contribution in [-0.2, 0) is 9.53 Å². The molecule has 0 aliphatic heterocycles. The molecule has 0 spiro atoms. The lowest BCUT2D eigenvalue weighted by Crippen LogP contribution is -2.26. The molecule has 184 valence electrons. The third-order valence-electron chi connectivity index (χ3n) is 6.45. The number of hydrogen-bond donors (Lipinski definition) is 1. The fourth-order valence-electron chi connectivity index (χ4n) is 4.66. The second-order valence-corrected chi connectivity index (χ2v) is 8.63. The zero-order chi connectivity index (χ0) is 24.8. The summed E-state index contributed by atoms with van der Waals surface area (Å²) in [4.78, 5) is 13.1. The zero-order valence-electron chi connectivity index (χ0n) is 20.6. The molecule has 0 saturated carbocycles. The smallest absolute Gasteiger partial charge is 0.327 e. The maximum absolute atomic E-state index is 13.1. The Kier molecular flexibility index (Phi) is 7.93. The van der Waals surface area contributed by atoms with E-state index in [0.717, 1.165) is 30.4 Å². The number of nitrogens with two attached hydrogens (primary N) is 1. The summed E-state index contributed by atoms with van der Waals surface area (Å²) in [6.07, 6.45) is 3.17. The Morgan fingerprint density at radius 2 is 1.49 bits per heavy atom. The Morgan fingerprint density at radius 3 is 2.03 bits per heavy atom. The van der Waals surface area contributed by atoms with E-state index < -0.39 is 12.0 Å². The van der Waals surface area contributed by atoms with Crippen LogP contribution in [0.2, 0.25) is 0 Å². The molecule has 0 aromatic heterocycles. The molecule has 6 nitrogen and oxygen atoms in total. The van der Waals surface area contributed by atoms with E-state index in [0.29, 0.717) is 29.4 Å². The second kappa shape index (κ2) is 11.3. The Balaban J connectivity index is 1.51. The molecule has 1 aliphatic carbocycles. The highest BCUT2D eigenvalue weighted by atomic mass is 16.5. The van der Waals surface area contributed by atoms with Crippen LogP contribution < -0.4 is 19.9 Å². The predicted molar refractivity (Wildman–Crippen MR) is 136 cm³/mol. The maximum atomic E-state index is 13.1. The van der Waals surface area contributed by atoms with Crippen molar-refractivity contribution in [2.45, 2.75) is 38.1 Å². The molecule has 3 aromatic carbocycles. The summed E-state index contributed by atoms with van der Waals surface area (Å²) in [7, 11) is 3.06. The van der Waals surface area contributed by atoms with Crippen LogP contribution in [0.15, 0.2) is 60.7 Å². The monoisotopic (exact) mass is 475 g/mol. The van der Waals surface area contributed by atoms with Gasteiger partial charge in [0.2, 0.25) is 0 Å². The number of fused-ring (bicyclic) bond motifs is 3. The van der Waals surface area contributed by atoms with Gasteiger partial charge in [-0.3, -0.25) is 0 Å². The van der Waals surface area contributed by atoms with Crippen molar-refractivity contribution < 1.29 is 23.7 Å². The standard InChI is InChI=1S/C29H33NO5/c1-4-5-10-15-34-19-16-25(32-2)27(26(17-19)33-3)28(30)29(31)35-18-24-22-13-8-6-11-20(22)21-12-7-9-14-23(21)24/h6-9,11-14,16-17,24,28H,4-5,10,15,18,30H2,1-3H3. The van der Waals surface area contributed by atoms with Crippen LogP contribution in [0.3, 0.4) is 0 Å². The SMILES string of the molecule is CCCCCOc1cc(OC)c(C(N)C(=O)OCC2c3ccccc3-c3ccccc32)c(OC)c1. The fourth-order valence-corrected chi connectivity index (χ4v) is 4.66. The number of carbonyl (C=O) groups is 1. The van der Waals surface area contributed by atoms with E-state index >= 15 is 0 Å². The van der Waals surface area contributed by atoms with E-state index in [2.05, 4.69) is 31.2 Å². The third-order valence-corrected chi connectivity index (χ3v) is 6.45. The number of carbonyl (C=O) groups excluding carboxylic acids is 1. The summed E-state index contributed by atoms with van der Waals surface area (Å²) in [5.41, 5.74) is 11.5. The quantitative estimate of drug-likeness (QED) is 0.286. The molecule has 35 heavy (non-hydrogen) atoms. The van der Waals surface area contributed by atoms with Crippen molar-refractivity contribution in [1.29, 1.82) is 0 Å². The Morgan fingerprint density at radius 1 is 0.914 bits per heavy atom. The number of methoxy groups -OCH3 is 2. The van der Waals surface area contributed by atoms with E-state index in [1.807, 2.05) is 24.3 Å². The van der Waals surface area contributed by atoms with Crippen LogP contribution in [0.1, 0.15) is 54.8 Å². The zero-order valence-corrected chi connectivity index (χ0v) is 20.6. The van der Waals surface area contributed by atoms with Crippen molar-refractivity contribution in [3.63, 3.8) is 0 Å². The lowest BCUT2D eigenvalue weighted by atomic mass is 9.98. The Labute approximate surface area is 207 Å². The number of esters is 1. The van der Waals surface area contributed by atoms with Gasteiger partial charge in [-0.2, -0.15) is 0 Å². The highest BCUT2D eigenvalue weighted by molar-refractivity contribution is 5.81. The third kappa shape index (κ3) is 5.13. The second-order valence-electron chi connectivity index (χ2n) is 8.63. The highest BCUT2D eigenvalue weighted by Crippen LogP contribution is 2.45. The van der Waals surface area contributed by atoms with Gasteiger partial charge in [-0.25, -0.2) is 4.79 Å². The van der Waals surface area contributed by atoms with Crippen LogP contribution in [-0.4, -0.2) is 33.4 Å². The van der Waals surface area contributed by atoms with Gasteiger partial charge in [-0.1, -0.05) is 68.3 Å². The van der Waals surface area contributed by atoms with Gasteiger partial charge in [0.25, 0.3) is 0 Å². The molecule has 0 amide bonds. The van der Waals surface area contributed by atoms with Crippen molar-refractivity contribution in [1.82, 2.24) is 0 Å². The van der Waals surface area contributed by atoms with Gasteiger partial charge in [0.1, 0.15) is 29.9 Å². The molecule has 6 heteroatoms. The molecule has 1 atom stereocenters. The van der Waals surface area contributed by atoms with Crippen molar-refractivity contribution in [2.75, 3.05) is 27.4 Å². The normalized spacial score (nSPS) is 13.0. The molecule has 0 radical (unpaired) electrons. The van der Waals surface area contributed by atoms with Gasteiger partial charge in [-0.15, -0.1) is 0 Å². The fraction of sp³-hybridized carbons (Fsp3) is 0.345. The molecule has 4 rings (SSSR count). The summed E-state index contributed by atoms with van der Waals surface area (Å²) >= 11 is 0. The topological polar surface area (TPSA) is 80.0 Å². The van der Waals surface area contributed by atoms with E-state index in [1.54, 1.807) is 12.1 Å². The molecule has 3 aromatic rings. The number of ether oxygens (including phenoxy) is 4. The number of unbranched alkanes of at least 4 members (excludes halogenated alkanes) is 2. The van der Waals surface area contributed by atoms with Crippen LogP contribution in [0, 0.1) is 0 Å². The first-order chi connectivity index (χ1) is 17.1. The number of hydrogen-bond acceptors (Lipinski definition) is 6. The summed E-state index contributed by atoms with van der Waals surface area (Å²) < 4.78 is 22.7. The molecule has 1 aliphatic rings. The first-order valence-corrected chi connectivity index (χ1v) is 12.1. The Bertz CT molecular complexity index is 1100. The van der Waals surface area contributed by atoms with Gasteiger partial charge in [-0.05, 0) is 28.7 Å². The minimum absolute atomic E-state index is 0.0405. The van der Waals surface area contributed by atoms with Gasteiger partial charge in [0, 0.05) is 18.1 Å². The molecular formula is C29H33NO5. The first kappa shape index (κ1) is 24.6. The van der Waals surface area contributed by atoms with Crippen molar-refractivity contribution >= 4 is 5.97 Å². The van der Waals surface area contributed by atoms with E-state index in [4.69, 9.17) is 24.7 Å². The van der Waals surface area contributed by atoms with Gasteiger partial charge < -0.3 is 24.7 Å². The molecule has 0 saturated heterocycles. The summed E-state index contributed by atoms with van der Waals surface area (Å²) in [5.74, 6) is 0.881. The minimum atomic E-state index is -1.07. The number of benzene rings is 3. The van der Waals surface area contributed by atoms with Crippen molar-refractivity contribution in [2.24, 2.45) is 5.73 Å². The van der Waals surface area contributed by atoms with Crippen molar-refractivity contribution in [3.8, 4) is 28.4 Å². The lowest BCUT2D eigenvalue weighted by molar-refractivity contribution is -0.145. The summed E-state index contributed by atoms with van der Waals surface area (Å²) in [6.45, 7) is 2.94. The Hall–Kier alpha value is -3.51. The molecule has 0 heterocycles.